The second kappa shape index (κ2) is 10.9. The normalized spacial score (nSPS) is 11.1. The van der Waals surface area contributed by atoms with Crippen molar-refractivity contribution in [3.8, 4) is 5.75 Å². The van der Waals surface area contributed by atoms with Crippen LogP contribution in [0.2, 0.25) is 0 Å². The molecule has 0 radical (unpaired) electrons. The quantitative estimate of drug-likeness (QED) is 0.114. The maximum atomic E-state index is 5.25. The molecule has 0 saturated heterocycles. The summed E-state index contributed by atoms with van der Waals surface area (Å²) in [4.78, 5) is 13.6. The number of nitrogens with one attached hydrogen (secondary N) is 3. The molecule has 1 heterocycles. The van der Waals surface area contributed by atoms with Crippen LogP contribution in [0.1, 0.15) is 5.56 Å². The fourth-order valence-corrected chi connectivity index (χ4v) is 4.33. The molecule has 3 N–H and O–H groups in total. The summed E-state index contributed by atoms with van der Waals surface area (Å²) in [7, 11) is 1.63. The molecule has 0 spiro atoms. The summed E-state index contributed by atoms with van der Waals surface area (Å²) < 4.78 is 5.25. The first-order valence-electron chi connectivity index (χ1n) is 12.4. The van der Waals surface area contributed by atoms with E-state index in [1.807, 2.05) is 85.1 Å². The summed E-state index contributed by atoms with van der Waals surface area (Å²) in [5, 5.41) is 15.5. The predicted molar refractivity (Wildman–Crippen MR) is 158 cm³/mol. The molecule has 0 unspecified atom stereocenters. The van der Waals surface area contributed by atoms with E-state index in [0.29, 0.717) is 17.8 Å². The second-order valence-corrected chi connectivity index (χ2v) is 8.75. The molecule has 1 aromatic heterocycles. The molecule has 0 aliphatic rings. The highest BCUT2D eigenvalue weighted by atomic mass is 16.5. The van der Waals surface area contributed by atoms with E-state index in [9.17, 15) is 0 Å². The maximum absolute atomic E-state index is 5.25. The van der Waals surface area contributed by atoms with E-state index in [-0.39, 0.29) is 0 Å². The molecule has 0 atom stereocenters. The minimum atomic E-state index is 0.292. The molecule has 0 fully saturated rings. The number of para-hydroxylation sites is 1. The summed E-state index contributed by atoms with van der Waals surface area (Å²) in [6, 6.07) is 36.0. The van der Waals surface area contributed by atoms with Crippen LogP contribution in [-0.4, -0.2) is 28.3 Å². The van der Waals surface area contributed by atoms with Crippen LogP contribution in [0.15, 0.2) is 114 Å². The molecule has 0 aliphatic carbocycles. The predicted octanol–water partition coefficient (Wildman–Crippen LogP) is 7.12. The lowest BCUT2D eigenvalue weighted by molar-refractivity contribution is 0.415. The minimum Gasteiger partial charge on any atom is -0.497 e. The van der Waals surface area contributed by atoms with E-state index < -0.39 is 0 Å². The van der Waals surface area contributed by atoms with E-state index in [1.54, 1.807) is 7.11 Å². The van der Waals surface area contributed by atoms with Crippen molar-refractivity contribution in [2.75, 3.05) is 23.2 Å². The van der Waals surface area contributed by atoms with E-state index in [0.717, 1.165) is 44.2 Å². The molecule has 8 heteroatoms. The number of methoxy groups -OCH3 is 1. The van der Waals surface area contributed by atoms with Gasteiger partial charge in [-0.1, -0.05) is 66.7 Å². The van der Waals surface area contributed by atoms with Gasteiger partial charge in [-0.3, -0.25) is 0 Å². The van der Waals surface area contributed by atoms with Crippen LogP contribution >= 0.6 is 0 Å². The van der Waals surface area contributed by atoms with E-state index in [2.05, 4.69) is 66.4 Å². The zero-order chi connectivity index (χ0) is 26.4. The third-order valence-electron chi connectivity index (χ3n) is 6.18. The van der Waals surface area contributed by atoms with E-state index >= 15 is 0 Å². The molecule has 0 aliphatic heterocycles. The first-order chi connectivity index (χ1) is 19.2. The van der Waals surface area contributed by atoms with Gasteiger partial charge < -0.3 is 15.4 Å². The molecular weight excluding hydrogens is 486 g/mol. The minimum absolute atomic E-state index is 0.292. The van der Waals surface area contributed by atoms with Crippen LogP contribution in [0.3, 0.4) is 0 Å². The molecule has 6 aromatic rings. The summed E-state index contributed by atoms with van der Waals surface area (Å²) in [6.45, 7) is 0. The third kappa shape index (κ3) is 5.45. The number of hydrogen-bond donors (Lipinski definition) is 3. The number of hydrazone groups is 1. The van der Waals surface area contributed by atoms with Crippen LogP contribution in [0.5, 0.6) is 5.75 Å². The Balaban J connectivity index is 1.33. The molecule has 8 nitrogen and oxygen atoms in total. The SMILES string of the molecule is COc1ccc(Nc2nc(N/N=C/c3c4ccccc4cc4ccccc34)nc(Nc3ccccc3)n2)cc1. The van der Waals surface area contributed by atoms with Crippen molar-refractivity contribution in [3.05, 3.63) is 115 Å². The largest absolute Gasteiger partial charge is 0.497 e. The van der Waals surface area contributed by atoms with Gasteiger partial charge in [0.05, 0.1) is 13.3 Å². The maximum Gasteiger partial charge on any atom is 0.250 e. The lowest BCUT2D eigenvalue weighted by atomic mass is 9.97. The second-order valence-electron chi connectivity index (χ2n) is 8.75. The zero-order valence-electron chi connectivity index (χ0n) is 21.2. The highest BCUT2D eigenvalue weighted by molar-refractivity contribution is 6.13. The Hall–Kier alpha value is -5.50. The summed E-state index contributed by atoms with van der Waals surface area (Å²) in [5.74, 6) is 1.79. The molecule has 0 bridgehead atoms. The van der Waals surface area contributed by atoms with Crippen molar-refractivity contribution in [2.45, 2.75) is 0 Å². The van der Waals surface area contributed by atoms with Gasteiger partial charge in [-0.15, -0.1) is 0 Å². The average Bonchev–Trinajstić information content (AvgIpc) is 2.97. The Morgan fingerprint density at radius 1 is 0.615 bits per heavy atom. The molecule has 5 aromatic carbocycles. The van der Waals surface area contributed by atoms with Gasteiger partial charge in [0.2, 0.25) is 17.8 Å². The number of rotatable bonds is 8. The first-order valence-corrected chi connectivity index (χ1v) is 12.4. The van der Waals surface area contributed by atoms with Crippen molar-refractivity contribution in [2.24, 2.45) is 5.10 Å². The number of anilines is 5. The van der Waals surface area contributed by atoms with Gasteiger partial charge >= 0.3 is 0 Å². The number of aromatic nitrogens is 3. The van der Waals surface area contributed by atoms with Crippen molar-refractivity contribution < 1.29 is 4.74 Å². The molecular formula is C31H25N7O. The van der Waals surface area contributed by atoms with Gasteiger partial charge in [0.1, 0.15) is 5.75 Å². The van der Waals surface area contributed by atoms with Gasteiger partial charge in [0, 0.05) is 16.9 Å². The van der Waals surface area contributed by atoms with Gasteiger partial charge in [-0.25, -0.2) is 5.43 Å². The topological polar surface area (TPSA) is 96.4 Å². The highest BCUT2D eigenvalue weighted by Crippen LogP contribution is 2.27. The highest BCUT2D eigenvalue weighted by Gasteiger charge is 2.09. The fraction of sp³-hybridized carbons (Fsp3) is 0.0323. The zero-order valence-corrected chi connectivity index (χ0v) is 21.2. The summed E-state index contributed by atoms with van der Waals surface area (Å²) in [5.41, 5.74) is 5.69. The Morgan fingerprint density at radius 3 is 1.77 bits per heavy atom. The van der Waals surface area contributed by atoms with Gasteiger partial charge in [0.15, 0.2) is 0 Å². The summed E-state index contributed by atoms with van der Waals surface area (Å²) in [6.07, 6.45) is 1.81. The fourth-order valence-electron chi connectivity index (χ4n) is 4.33. The van der Waals surface area contributed by atoms with Crippen molar-refractivity contribution in [3.63, 3.8) is 0 Å². The lowest BCUT2D eigenvalue weighted by Gasteiger charge is -2.11. The van der Waals surface area contributed by atoms with Gasteiger partial charge in [0.25, 0.3) is 0 Å². The summed E-state index contributed by atoms with van der Waals surface area (Å²) >= 11 is 0. The van der Waals surface area contributed by atoms with Crippen molar-refractivity contribution >= 4 is 57.0 Å². The Bertz CT molecular complexity index is 1720. The Morgan fingerprint density at radius 2 is 1.15 bits per heavy atom. The lowest BCUT2D eigenvalue weighted by Crippen LogP contribution is -2.07. The smallest absolute Gasteiger partial charge is 0.250 e. The molecule has 0 saturated carbocycles. The van der Waals surface area contributed by atoms with E-state index in [4.69, 9.17) is 4.74 Å². The van der Waals surface area contributed by atoms with Crippen LogP contribution in [-0.2, 0) is 0 Å². The molecule has 39 heavy (non-hydrogen) atoms. The van der Waals surface area contributed by atoms with Crippen LogP contribution < -0.4 is 20.8 Å². The van der Waals surface area contributed by atoms with Gasteiger partial charge in [-0.2, -0.15) is 20.1 Å². The number of hydrogen-bond acceptors (Lipinski definition) is 8. The number of benzene rings is 5. The molecule has 6 rings (SSSR count). The first kappa shape index (κ1) is 23.9. The molecule has 0 amide bonds. The Kier molecular flexibility index (Phi) is 6.65. The van der Waals surface area contributed by atoms with Crippen molar-refractivity contribution in [1.82, 2.24) is 15.0 Å². The van der Waals surface area contributed by atoms with Crippen LogP contribution in [0, 0.1) is 0 Å². The number of fused-ring (bicyclic) bond motifs is 2. The average molecular weight is 512 g/mol. The standard InChI is InChI=1S/C31H25N7O/c1-39-25-17-15-24(16-18-25)34-30-35-29(33-23-11-3-2-4-12-23)36-31(37-30)38-32-20-28-26-13-7-5-9-21(26)19-22-10-6-8-14-27(22)28/h2-20H,1H3,(H3,33,34,35,36,37,38)/b32-20+. The van der Waals surface area contributed by atoms with E-state index in [1.165, 1.54) is 0 Å². The molecule has 190 valence electrons. The number of ether oxygens (including phenoxy) is 1. The monoisotopic (exact) mass is 511 g/mol. The Labute approximate surface area is 225 Å². The van der Waals surface area contributed by atoms with Crippen molar-refractivity contribution in [1.29, 1.82) is 0 Å². The van der Waals surface area contributed by atoms with Crippen LogP contribution in [0.25, 0.3) is 21.5 Å². The number of nitrogens with zero attached hydrogens (tertiary/aromatic N) is 4. The third-order valence-corrected chi connectivity index (χ3v) is 6.18. The van der Waals surface area contributed by atoms with Crippen LogP contribution in [0.4, 0.5) is 29.2 Å². The van der Waals surface area contributed by atoms with Gasteiger partial charge in [-0.05, 0) is 64.0 Å².